The van der Waals surface area contributed by atoms with Gasteiger partial charge in [-0.05, 0) is 41.3 Å². The van der Waals surface area contributed by atoms with Crippen LogP contribution >= 0.6 is 11.3 Å². The van der Waals surface area contributed by atoms with Gasteiger partial charge in [0.25, 0.3) is 5.56 Å². The Balaban J connectivity index is 1.56. The second-order valence-electron chi connectivity index (χ2n) is 7.36. The van der Waals surface area contributed by atoms with Gasteiger partial charge in [0.05, 0.1) is 12.5 Å². The number of allylic oxidation sites excluding steroid dienone is 1. The summed E-state index contributed by atoms with van der Waals surface area (Å²) in [5.41, 5.74) is 3.89. The minimum absolute atomic E-state index is 0.00587. The zero-order valence-corrected chi connectivity index (χ0v) is 18.2. The summed E-state index contributed by atoms with van der Waals surface area (Å²) in [7, 11) is 1.56. The van der Waals surface area contributed by atoms with Crippen LogP contribution in [0.25, 0.3) is 33.0 Å². The fourth-order valence-corrected chi connectivity index (χ4v) is 4.93. The number of nitriles is 1. The van der Waals surface area contributed by atoms with Crippen molar-refractivity contribution in [3.63, 3.8) is 0 Å². The van der Waals surface area contributed by atoms with E-state index in [0.717, 1.165) is 33.5 Å². The number of nitrogens with zero attached hydrogens (tertiary/aromatic N) is 3. The minimum atomic E-state index is -0.0429. The topological polar surface area (TPSA) is 77.1 Å². The Kier molecular flexibility index (Phi) is 5.21. The molecule has 0 atom stereocenters. The summed E-state index contributed by atoms with van der Waals surface area (Å²) in [5.74, 6) is 1.79. The van der Waals surface area contributed by atoms with Gasteiger partial charge in [-0.15, -0.1) is 11.3 Å². The molecule has 0 radical (unpaired) electrons. The molecule has 32 heavy (non-hydrogen) atoms. The van der Waals surface area contributed by atoms with E-state index in [1.807, 2.05) is 60.0 Å². The third kappa shape index (κ3) is 3.45. The predicted molar refractivity (Wildman–Crippen MR) is 126 cm³/mol. The Labute approximate surface area is 188 Å². The maximum Gasteiger partial charge on any atom is 0.263 e. The summed E-state index contributed by atoms with van der Waals surface area (Å²) >= 11 is 1.50. The van der Waals surface area contributed by atoms with E-state index in [0.29, 0.717) is 29.3 Å². The van der Waals surface area contributed by atoms with Crippen LogP contribution in [0, 0.1) is 11.3 Å². The lowest BCUT2D eigenvalue weighted by molar-refractivity contribution is 0.329. The van der Waals surface area contributed by atoms with E-state index in [9.17, 15) is 4.79 Å². The summed E-state index contributed by atoms with van der Waals surface area (Å²) in [5, 5.41) is 11.4. The standard InChI is InChI=1S/C25H19N3O3S/c1-30-21-14-16(7-8-20(21)31-12-10-26)13-18-9-11-28-23(18)27-24-22(25(28)29)19(15-32-24)17-5-3-2-4-6-17/h2-8,13-15H,9,11-12H2,1H3/b18-13+. The van der Waals surface area contributed by atoms with Crippen LogP contribution in [-0.2, 0) is 6.54 Å². The Morgan fingerprint density at radius 3 is 2.84 bits per heavy atom. The number of benzene rings is 2. The molecule has 0 amide bonds. The molecule has 6 nitrogen and oxygen atoms in total. The van der Waals surface area contributed by atoms with Crippen molar-refractivity contribution in [1.82, 2.24) is 9.55 Å². The average Bonchev–Trinajstić information content (AvgIpc) is 3.44. The highest BCUT2D eigenvalue weighted by atomic mass is 32.1. The Hall–Kier alpha value is -3.89. The lowest BCUT2D eigenvalue weighted by Crippen LogP contribution is -2.20. The first-order chi connectivity index (χ1) is 15.7. The summed E-state index contributed by atoms with van der Waals surface area (Å²) in [6, 6.07) is 17.4. The normalized spacial score (nSPS) is 13.8. The van der Waals surface area contributed by atoms with E-state index in [1.165, 1.54) is 11.3 Å². The first-order valence-electron chi connectivity index (χ1n) is 10.2. The predicted octanol–water partition coefficient (Wildman–Crippen LogP) is 4.98. The molecule has 5 rings (SSSR count). The van der Waals surface area contributed by atoms with Crippen molar-refractivity contribution in [3.05, 3.63) is 75.7 Å². The first kappa shape index (κ1) is 20.0. The Morgan fingerprint density at radius 1 is 1.22 bits per heavy atom. The van der Waals surface area contributed by atoms with Crippen molar-refractivity contribution in [1.29, 1.82) is 5.26 Å². The number of hydrogen-bond donors (Lipinski definition) is 0. The maximum atomic E-state index is 13.4. The van der Waals surface area contributed by atoms with E-state index < -0.39 is 0 Å². The van der Waals surface area contributed by atoms with Crippen LogP contribution in [0.4, 0.5) is 0 Å². The Morgan fingerprint density at radius 2 is 2.06 bits per heavy atom. The van der Waals surface area contributed by atoms with Crippen molar-refractivity contribution in [2.24, 2.45) is 0 Å². The molecule has 0 N–H and O–H groups in total. The second kappa shape index (κ2) is 8.33. The monoisotopic (exact) mass is 441 g/mol. The Bertz CT molecular complexity index is 1450. The quantitative estimate of drug-likeness (QED) is 0.437. The lowest BCUT2D eigenvalue weighted by Gasteiger charge is -2.09. The molecule has 1 aliphatic heterocycles. The van der Waals surface area contributed by atoms with Crippen molar-refractivity contribution in [3.8, 4) is 28.7 Å². The molecule has 7 heteroatoms. The number of methoxy groups -OCH3 is 1. The van der Waals surface area contributed by atoms with Crippen LogP contribution in [0.1, 0.15) is 17.8 Å². The highest BCUT2D eigenvalue weighted by Gasteiger charge is 2.23. The summed E-state index contributed by atoms with van der Waals surface area (Å²) in [6.07, 6.45) is 2.76. The van der Waals surface area contributed by atoms with Crippen molar-refractivity contribution < 1.29 is 9.47 Å². The van der Waals surface area contributed by atoms with E-state index in [-0.39, 0.29) is 12.2 Å². The highest BCUT2D eigenvalue weighted by molar-refractivity contribution is 7.17. The summed E-state index contributed by atoms with van der Waals surface area (Å²) in [6.45, 7) is 0.562. The first-order valence-corrected chi connectivity index (χ1v) is 11.0. The van der Waals surface area contributed by atoms with Crippen molar-refractivity contribution in [2.75, 3.05) is 13.7 Å². The fourth-order valence-electron chi connectivity index (χ4n) is 3.99. The molecule has 2 aromatic heterocycles. The number of rotatable bonds is 5. The number of thiophene rings is 1. The molecule has 158 valence electrons. The smallest absolute Gasteiger partial charge is 0.263 e. The molecule has 0 bridgehead atoms. The van der Waals surface area contributed by atoms with Gasteiger partial charge in [-0.2, -0.15) is 5.26 Å². The molecule has 0 fully saturated rings. The van der Waals surface area contributed by atoms with Crippen molar-refractivity contribution >= 4 is 33.2 Å². The molecule has 2 aromatic carbocycles. The van der Waals surface area contributed by atoms with Gasteiger partial charge in [-0.25, -0.2) is 4.98 Å². The van der Waals surface area contributed by atoms with Crippen LogP contribution in [-0.4, -0.2) is 23.3 Å². The van der Waals surface area contributed by atoms with Gasteiger partial charge in [-0.1, -0.05) is 36.4 Å². The highest BCUT2D eigenvalue weighted by Crippen LogP contribution is 2.35. The van der Waals surface area contributed by atoms with Gasteiger partial charge < -0.3 is 9.47 Å². The zero-order valence-electron chi connectivity index (χ0n) is 17.4. The molecule has 1 aliphatic rings. The number of aromatic nitrogens is 2. The van der Waals surface area contributed by atoms with E-state index in [4.69, 9.17) is 19.7 Å². The number of fused-ring (bicyclic) bond motifs is 2. The molecular formula is C25H19N3O3S. The average molecular weight is 442 g/mol. The van der Waals surface area contributed by atoms with E-state index in [1.54, 1.807) is 17.7 Å². The fraction of sp³-hybridized carbons (Fsp3) is 0.160. The number of ether oxygens (including phenoxy) is 2. The van der Waals surface area contributed by atoms with Gasteiger partial charge in [0.1, 0.15) is 16.7 Å². The van der Waals surface area contributed by atoms with Crippen LogP contribution in [0.5, 0.6) is 11.5 Å². The molecule has 0 spiro atoms. The third-order valence-corrected chi connectivity index (χ3v) is 6.36. The summed E-state index contributed by atoms with van der Waals surface area (Å²) in [4.78, 5) is 19.0. The lowest BCUT2D eigenvalue weighted by atomic mass is 10.1. The molecule has 0 unspecified atom stereocenters. The maximum absolute atomic E-state index is 13.4. The minimum Gasteiger partial charge on any atom is -0.493 e. The van der Waals surface area contributed by atoms with Gasteiger partial charge in [0.15, 0.2) is 18.1 Å². The van der Waals surface area contributed by atoms with Crippen LogP contribution in [0.15, 0.2) is 58.7 Å². The molecule has 0 saturated heterocycles. The van der Waals surface area contributed by atoms with Gasteiger partial charge in [-0.3, -0.25) is 9.36 Å². The largest absolute Gasteiger partial charge is 0.493 e. The van der Waals surface area contributed by atoms with E-state index in [2.05, 4.69) is 0 Å². The van der Waals surface area contributed by atoms with Gasteiger partial charge in [0.2, 0.25) is 0 Å². The van der Waals surface area contributed by atoms with Crippen LogP contribution in [0.3, 0.4) is 0 Å². The molecule has 0 aliphatic carbocycles. The van der Waals surface area contributed by atoms with Gasteiger partial charge in [0, 0.05) is 17.5 Å². The van der Waals surface area contributed by atoms with Crippen LogP contribution < -0.4 is 15.0 Å². The van der Waals surface area contributed by atoms with Crippen LogP contribution in [0.2, 0.25) is 0 Å². The number of hydrogen-bond acceptors (Lipinski definition) is 6. The SMILES string of the molecule is COc1cc(/C=C2\CCn3c2nc2scc(-c4ccccc4)c2c3=O)ccc1OCC#N. The third-order valence-electron chi connectivity index (χ3n) is 5.49. The molecule has 0 saturated carbocycles. The van der Waals surface area contributed by atoms with E-state index >= 15 is 0 Å². The zero-order chi connectivity index (χ0) is 22.1. The molecular weight excluding hydrogens is 422 g/mol. The second-order valence-corrected chi connectivity index (χ2v) is 8.22. The molecule has 4 aromatic rings. The van der Waals surface area contributed by atoms with Gasteiger partial charge >= 0.3 is 0 Å². The summed E-state index contributed by atoms with van der Waals surface area (Å²) < 4.78 is 12.6. The molecule has 3 heterocycles. The van der Waals surface area contributed by atoms with Crippen molar-refractivity contribution in [2.45, 2.75) is 13.0 Å².